The van der Waals surface area contributed by atoms with Crippen LogP contribution in [0, 0.1) is 11.3 Å². The number of amides is 2. The number of anilines is 2. The van der Waals surface area contributed by atoms with E-state index in [1.807, 2.05) is 19.9 Å². The quantitative estimate of drug-likeness (QED) is 0.816. The van der Waals surface area contributed by atoms with Gasteiger partial charge in [0.05, 0.1) is 23.8 Å². The predicted octanol–water partition coefficient (Wildman–Crippen LogP) is 4.36. The molecule has 0 aromatic heterocycles. The molecule has 2 aromatic carbocycles. The molecule has 0 saturated heterocycles. The van der Waals surface area contributed by atoms with Gasteiger partial charge in [0.1, 0.15) is 18.1 Å². The smallest absolute Gasteiger partial charge is 0.259 e. The Kier molecular flexibility index (Phi) is 5.82. The van der Waals surface area contributed by atoms with Crippen LogP contribution >= 0.6 is 0 Å². The largest absolute Gasteiger partial charge is 0.496 e. The zero-order valence-electron chi connectivity index (χ0n) is 17.6. The summed E-state index contributed by atoms with van der Waals surface area (Å²) < 4.78 is 11.2. The lowest BCUT2D eigenvalue weighted by Gasteiger charge is -2.29. The maximum atomic E-state index is 13.1. The fourth-order valence-electron chi connectivity index (χ4n) is 3.30. The van der Waals surface area contributed by atoms with E-state index < -0.39 is 5.41 Å². The molecule has 0 saturated carbocycles. The van der Waals surface area contributed by atoms with Gasteiger partial charge in [-0.15, -0.1) is 0 Å². The second kappa shape index (κ2) is 8.15. The first-order valence-electron chi connectivity index (χ1n) is 9.76. The molecule has 2 amide bonds. The first-order chi connectivity index (χ1) is 13.7. The van der Waals surface area contributed by atoms with E-state index in [-0.39, 0.29) is 17.7 Å². The molecule has 0 aliphatic carbocycles. The van der Waals surface area contributed by atoms with Gasteiger partial charge in [0.2, 0.25) is 5.91 Å². The monoisotopic (exact) mass is 396 g/mol. The first-order valence-corrected chi connectivity index (χ1v) is 9.76. The lowest BCUT2D eigenvalue weighted by Crippen LogP contribution is -2.43. The van der Waals surface area contributed by atoms with E-state index in [1.54, 1.807) is 41.3 Å². The van der Waals surface area contributed by atoms with E-state index in [0.717, 1.165) is 0 Å². The van der Waals surface area contributed by atoms with E-state index in [9.17, 15) is 9.59 Å². The number of methoxy groups -OCH3 is 1. The standard InChI is InChI=1S/C23H28N2O4/c1-15(2)13-25-18-12-16(10-11-20(18)29-14-23(3,4)22(25)27)24-21(26)17-8-6-7-9-19(17)28-5/h6-12,15H,13-14H2,1-5H3,(H,24,26). The highest BCUT2D eigenvalue weighted by Crippen LogP contribution is 2.38. The van der Waals surface area contributed by atoms with E-state index in [1.165, 1.54) is 7.11 Å². The summed E-state index contributed by atoms with van der Waals surface area (Å²) in [5.74, 6) is 1.16. The van der Waals surface area contributed by atoms with Crippen LogP contribution in [0.15, 0.2) is 42.5 Å². The van der Waals surface area contributed by atoms with Crippen LogP contribution < -0.4 is 19.7 Å². The number of nitrogens with zero attached hydrogens (tertiary/aromatic N) is 1. The number of fused-ring (bicyclic) bond motifs is 1. The van der Waals surface area contributed by atoms with Crippen molar-refractivity contribution in [2.45, 2.75) is 27.7 Å². The van der Waals surface area contributed by atoms with Crippen molar-refractivity contribution >= 4 is 23.2 Å². The lowest BCUT2D eigenvalue weighted by molar-refractivity contribution is -0.127. The Balaban J connectivity index is 1.95. The van der Waals surface area contributed by atoms with Crippen LogP contribution in [-0.4, -0.2) is 32.1 Å². The average Bonchev–Trinajstić information content (AvgIpc) is 2.78. The lowest BCUT2D eigenvalue weighted by atomic mass is 9.92. The topological polar surface area (TPSA) is 67.9 Å². The van der Waals surface area contributed by atoms with Gasteiger partial charge in [-0.25, -0.2) is 0 Å². The van der Waals surface area contributed by atoms with Crippen molar-refractivity contribution in [1.29, 1.82) is 0 Å². The summed E-state index contributed by atoms with van der Waals surface area (Å²) in [6.45, 7) is 8.79. The third-order valence-electron chi connectivity index (χ3n) is 4.82. The Bertz CT molecular complexity index is 921. The highest BCUT2D eigenvalue weighted by molar-refractivity contribution is 6.07. The van der Waals surface area contributed by atoms with Crippen molar-refractivity contribution in [2.75, 3.05) is 30.5 Å². The summed E-state index contributed by atoms with van der Waals surface area (Å²) in [4.78, 5) is 27.7. The molecule has 1 N–H and O–H groups in total. The molecule has 0 spiro atoms. The van der Waals surface area contributed by atoms with Gasteiger partial charge < -0.3 is 19.7 Å². The van der Waals surface area contributed by atoms with Crippen molar-refractivity contribution < 1.29 is 19.1 Å². The van der Waals surface area contributed by atoms with Gasteiger partial charge in [-0.05, 0) is 50.1 Å². The molecule has 2 aromatic rings. The van der Waals surface area contributed by atoms with Crippen molar-refractivity contribution in [2.24, 2.45) is 11.3 Å². The molecule has 6 heteroatoms. The van der Waals surface area contributed by atoms with Crippen LogP contribution in [0.1, 0.15) is 38.1 Å². The Morgan fingerprint density at radius 2 is 1.97 bits per heavy atom. The summed E-state index contributed by atoms with van der Waals surface area (Å²) in [5.41, 5.74) is 1.07. The van der Waals surface area contributed by atoms with Crippen molar-refractivity contribution in [1.82, 2.24) is 0 Å². The summed E-state index contributed by atoms with van der Waals surface area (Å²) in [5, 5.41) is 2.90. The van der Waals surface area contributed by atoms with E-state index >= 15 is 0 Å². The Morgan fingerprint density at radius 3 is 2.66 bits per heavy atom. The number of hydrogen-bond acceptors (Lipinski definition) is 4. The van der Waals surface area contributed by atoms with E-state index in [4.69, 9.17) is 9.47 Å². The van der Waals surface area contributed by atoms with Gasteiger partial charge in [0.15, 0.2) is 0 Å². The van der Waals surface area contributed by atoms with Gasteiger partial charge in [-0.2, -0.15) is 0 Å². The molecular formula is C23H28N2O4. The van der Waals surface area contributed by atoms with E-state index in [0.29, 0.717) is 41.6 Å². The summed E-state index contributed by atoms with van der Waals surface area (Å²) >= 11 is 0. The third-order valence-corrected chi connectivity index (χ3v) is 4.82. The number of benzene rings is 2. The molecule has 154 valence electrons. The average molecular weight is 396 g/mol. The van der Waals surface area contributed by atoms with Crippen LogP contribution in [0.4, 0.5) is 11.4 Å². The number of rotatable bonds is 5. The number of para-hydroxylation sites is 1. The molecule has 0 unspecified atom stereocenters. The molecule has 6 nitrogen and oxygen atoms in total. The van der Waals surface area contributed by atoms with Crippen LogP contribution in [-0.2, 0) is 4.79 Å². The molecule has 1 heterocycles. The fraction of sp³-hybridized carbons (Fsp3) is 0.391. The Hall–Kier alpha value is -3.02. The number of carbonyl (C=O) groups excluding carboxylic acids is 2. The minimum atomic E-state index is -0.630. The molecule has 1 aliphatic rings. The van der Waals surface area contributed by atoms with Gasteiger partial charge in [-0.1, -0.05) is 26.0 Å². The maximum absolute atomic E-state index is 13.1. The predicted molar refractivity (Wildman–Crippen MR) is 114 cm³/mol. The van der Waals surface area contributed by atoms with Crippen LogP contribution in [0.3, 0.4) is 0 Å². The van der Waals surface area contributed by atoms with Crippen molar-refractivity contribution in [3.8, 4) is 11.5 Å². The molecule has 0 atom stereocenters. The van der Waals surface area contributed by atoms with Gasteiger partial charge in [0, 0.05) is 12.2 Å². The van der Waals surface area contributed by atoms with E-state index in [2.05, 4.69) is 19.2 Å². The van der Waals surface area contributed by atoms with Crippen LogP contribution in [0.25, 0.3) is 0 Å². The maximum Gasteiger partial charge on any atom is 0.259 e. The summed E-state index contributed by atoms with van der Waals surface area (Å²) in [7, 11) is 1.53. The first kappa shape index (κ1) is 20.7. The molecule has 29 heavy (non-hydrogen) atoms. The minimum Gasteiger partial charge on any atom is -0.496 e. The second-order valence-electron chi connectivity index (χ2n) is 8.32. The third kappa shape index (κ3) is 4.36. The molecular weight excluding hydrogens is 368 g/mol. The van der Waals surface area contributed by atoms with Crippen LogP contribution in [0.2, 0.25) is 0 Å². The van der Waals surface area contributed by atoms with Gasteiger partial charge in [-0.3, -0.25) is 9.59 Å². The number of nitrogens with one attached hydrogen (secondary N) is 1. The normalized spacial score (nSPS) is 15.4. The summed E-state index contributed by atoms with van der Waals surface area (Å²) in [6, 6.07) is 12.4. The molecule has 0 fully saturated rings. The second-order valence-corrected chi connectivity index (χ2v) is 8.32. The number of ether oxygens (including phenoxy) is 2. The SMILES string of the molecule is COc1ccccc1C(=O)Nc1ccc2c(c1)N(CC(C)C)C(=O)C(C)(C)CO2. The van der Waals surface area contributed by atoms with Gasteiger partial charge >= 0.3 is 0 Å². The Labute approximate surface area is 171 Å². The molecule has 0 radical (unpaired) electrons. The fourth-order valence-corrected chi connectivity index (χ4v) is 3.30. The summed E-state index contributed by atoms with van der Waals surface area (Å²) in [6.07, 6.45) is 0. The van der Waals surface area contributed by atoms with Crippen LogP contribution in [0.5, 0.6) is 11.5 Å². The molecule has 1 aliphatic heterocycles. The van der Waals surface area contributed by atoms with Gasteiger partial charge in [0.25, 0.3) is 5.91 Å². The van der Waals surface area contributed by atoms with Crippen molar-refractivity contribution in [3.05, 3.63) is 48.0 Å². The molecule has 3 rings (SSSR count). The Morgan fingerprint density at radius 1 is 1.24 bits per heavy atom. The zero-order chi connectivity index (χ0) is 21.2. The minimum absolute atomic E-state index is 0.0122. The molecule has 0 bridgehead atoms. The number of hydrogen-bond donors (Lipinski definition) is 1. The highest BCUT2D eigenvalue weighted by atomic mass is 16.5. The highest BCUT2D eigenvalue weighted by Gasteiger charge is 2.38. The zero-order valence-corrected chi connectivity index (χ0v) is 17.6. The van der Waals surface area contributed by atoms with Crippen molar-refractivity contribution in [3.63, 3.8) is 0 Å². The number of carbonyl (C=O) groups is 2.